The van der Waals surface area contributed by atoms with Gasteiger partial charge in [-0.1, -0.05) is 30.3 Å². The van der Waals surface area contributed by atoms with Gasteiger partial charge in [-0.2, -0.15) is 9.97 Å². The van der Waals surface area contributed by atoms with E-state index in [0.29, 0.717) is 17.7 Å². The second kappa shape index (κ2) is 6.16. The van der Waals surface area contributed by atoms with Crippen LogP contribution in [0.15, 0.2) is 42.7 Å². The first kappa shape index (κ1) is 13.9. The van der Waals surface area contributed by atoms with E-state index < -0.39 is 0 Å². The van der Waals surface area contributed by atoms with Crippen molar-refractivity contribution in [3.63, 3.8) is 0 Å². The van der Waals surface area contributed by atoms with Gasteiger partial charge in [0.1, 0.15) is 0 Å². The molecular weight excluding hydrogens is 288 g/mol. The summed E-state index contributed by atoms with van der Waals surface area (Å²) in [6.07, 6.45) is 5.72. The lowest BCUT2D eigenvalue weighted by atomic mass is 10.2. The number of rotatable bonds is 4. The number of nitrogens with one attached hydrogen (secondary N) is 1. The van der Waals surface area contributed by atoms with Crippen LogP contribution in [-0.4, -0.2) is 33.0 Å². The molecule has 1 aliphatic rings. The van der Waals surface area contributed by atoms with E-state index in [1.165, 1.54) is 18.4 Å². The Morgan fingerprint density at radius 3 is 2.57 bits per heavy atom. The number of fused-ring (bicyclic) bond motifs is 1. The largest absolute Gasteiger partial charge is 0.364 e. The number of hydrogen-bond acceptors (Lipinski definition) is 6. The van der Waals surface area contributed by atoms with Gasteiger partial charge in [0, 0.05) is 32.0 Å². The highest BCUT2D eigenvalue weighted by Gasteiger charge is 2.18. The molecule has 4 rings (SSSR count). The Kier molecular flexibility index (Phi) is 3.71. The van der Waals surface area contributed by atoms with Crippen LogP contribution in [0.3, 0.4) is 0 Å². The third-order valence-electron chi connectivity index (χ3n) is 4.01. The summed E-state index contributed by atoms with van der Waals surface area (Å²) >= 11 is 0. The predicted octanol–water partition coefficient (Wildman–Crippen LogP) is 2.63. The van der Waals surface area contributed by atoms with Gasteiger partial charge >= 0.3 is 0 Å². The molecule has 1 N–H and O–H groups in total. The lowest BCUT2D eigenvalue weighted by Gasteiger charge is -2.17. The van der Waals surface area contributed by atoms with Gasteiger partial charge in [0.15, 0.2) is 17.0 Å². The predicted molar refractivity (Wildman–Crippen MR) is 90.3 cm³/mol. The SMILES string of the molecule is c1ccc(CNc2nc(N3CCCC3)nc3nccnc23)cc1. The minimum Gasteiger partial charge on any atom is -0.364 e. The average Bonchev–Trinajstić information content (AvgIpc) is 3.15. The maximum absolute atomic E-state index is 4.70. The number of aromatic nitrogens is 4. The van der Waals surface area contributed by atoms with E-state index >= 15 is 0 Å². The Morgan fingerprint density at radius 1 is 0.957 bits per heavy atom. The fourth-order valence-corrected chi connectivity index (χ4v) is 2.82. The van der Waals surface area contributed by atoms with Crippen LogP contribution >= 0.6 is 0 Å². The first-order chi connectivity index (χ1) is 11.4. The Morgan fingerprint density at radius 2 is 1.74 bits per heavy atom. The topological polar surface area (TPSA) is 66.8 Å². The molecule has 116 valence electrons. The Balaban J connectivity index is 1.68. The molecule has 0 unspecified atom stereocenters. The zero-order chi connectivity index (χ0) is 15.5. The van der Waals surface area contributed by atoms with Gasteiger partial charge in [-0.05, 0) is 18.4 Å². The molecule has 23 heavy (non-hydrogen) atoms. The van der Waals surface area contributed by atoms with Crippen molar-refractivity contribution in [2.24, 2.45) is 0 Å². The molecule has 3 heterocycles. The van der Waals surface area contributed by atoms with Crippen molar-refractivity contribution >= 4 is 22.9 Å². The molecule has 6 nitrogen and oxygen atoms in total. The standard InChI is InChI=1S/C17H18N6/c1-2-6-13(7-3-1)12-20-16-14-15(19-9-8-18-14)21-17(22-16)23-10-4-5-11-23/h1-3,6-9H,4-5,10-12H2,(H,19,20,21,22). The third kappa shape index (κ3) is 2.92. The normalized spacial score (nSPS) is 14.3. The molecule has 0 spiro atoms. The van der Waals surface area contributed by atoms with E-state index in [1.807, 2.05) is 18.2 Å². The van der Waals surface area contributed by atoms with Crippen molar-refractivity contribution in [2.45, 2.75) is 19.4 Å². The molecule has 1 fully saturated rings. The number of hydrogen-bond donors (Lipinski definition) is 1. The van der Waals surface area contributed by atoms with Gasteiger partial charge in [0.05, 0.1) is 0 Å². The number of nitrogens with zero attached hydrogens (tertiary/aromatic N) is 5. The maximum atomic E-state index is 4.70. The van der Waals surface area contributed by atoms with Crippen LogP contribution in [0.25, 0.3) is 11.2 Å². The molecule has 0 bridgehead atoms. The summed E-state index contributed by atoms with van der Waals surface area (Å²) in [5.74, 6) is 1.49. The molecule has 1 saturated heterocycles. The summed E-state index contributed by atoms with van der Waals surface area (Å²) in [5, 5.41) is 3.39. The smallest absolute Gasteiger partial charge is 0.229 e. The Hall–Kier alpha value is -2.76. The summed E-state index contributed by atoms with van der Waals surface area (Å²) < 4.78 is 0. The van der Waals surface area contributed by atoms with Gasteiger partial charge < -0.3 is 10.2 Å². The van der Waals surface area contributed by atoms with Crippen molar-refractivity contribution in [2.75, 3.05) is 23.3 Å². The number of anilines is 2. The molecule has 2 aromatic heterocycles. The summed E-state index contributed by atoms with van der Waals surface area (Å²) in [4.78, 5) is 20.2. The fraction of sp³-hybridized carbons (Fsp3) is 0.294. The quantitative estimate of drug-likeness (QED) is 0.799. The molecule has 0 amide bonds. The van der Waals surface area contributed by atoms with E-state index in [-0.39, 0.29) is 0 Å². The van der Waals surface area contributed by atoms with Crippen molar-refractivity contribution in [1.29, 1.82) is 0 Å². The van der Waals surface area contributed by atoms with Crippen LogP contribution in [0.1, 0.15) is 18.4 Å². The summed E-state index contributed by atoms with van der Waals surface area (Å²) in [7, 11) is 0. The first-order valence-electron chi connectivity index (χ1n) is 7.92. The van der Waals surface area contributed by atoms with E-state index in [9.17, 15) is 0 Å². The molecule has 3 aromatic rings. The Bertz CT molecular complexity index is 799. The van der Waals surface area contributed by atoms with E-state index in [2.05, 4.69) is 37.3 Å². The lowest BCUT2D eigenvalue weighted by Crippen LogP contribution is -2.21. The summed E-state index contributed by atoms with van der Waals surface area (Å²) in [5.41, 5.74) is 2.55. The molecule has 0 atom stereocenters. The fourth-order valence-electron chi connectivity index (χ4n) is 2.82. The maximum Gasteiger partial charge on any atom is 0.229 e. The van der Waals surface area contributed by atoms with E-state index in [4.69, 9.17) is 4.98 Å². The first-order valence-corrected chi connectivity index (χ1v) is 7.92. The highest BCUT2D eigenvalue weighted by Crippen LogP contribution is 2.23. The van der Waals surface area contributed by atoms with Crippen LogP contribution in [0.2, 0.25) is 0 Å². The van der Waals surface area contributed by atoms with E-state index in [0.717, 1.165) is 24.9 Å². The van der Waals surface area contributed by atoms with Crippen molar-refractivity contribution in [3.05, 3.63) is 48.3 Å². The molecule has 0 radical (unpaired) electrons. The molecular formula is C17H18N6. The average molecular weight is 306 g/mol. The minimum atomic E-state index is 0.639. The highest BCUT2D eigenvalue weighted by atomic mass is 15.3. The van der Waals surface area contributed by atoms with Crippen LogP contribution in [0, 0.1) is 0 Å². The monoisotopic (exact) mass is 306 g/mol. The minimum absolute atomic E-state index is 0.639. The van der Waals surface area contributed by atoms with Crippen molar-refractivity contribution < 1.29 is 0 Å². The zero-order valence-electron chi connectivity index (χ0n) is 12.8. The zero-order valence-corrected chi connectivity index (χ0v) is 12.8. The van der Waals surface area contributed by atoms with Crippen LogP contribution in [-0.2, 0) is 6.54 Å². The van der Waals surface area contributed by atoms with Crippen molar-refractivity contribution in [3.8, 4) is 0 Å². The molecule has 0 aliphatic carbocycles. The van der Waals surface area contributed by atoms with Crippen LogP contribution < -0.4 is 10.2 Å². The molecule has 0 saturated carbocycles. The van der Waals surface area contributed by atoms with Gasteiger partial charge in [-0.15, -0.1) is 0 Å². The van der Waals surface area contributed by atoms with Crippen LogP contribution in [0.5, 0.6) is 0 Å². The molecule has 1 aromatic carbocycles. The van der Waals surface area contributed by atoms with Crippen LogP contribution in [0.4, 0.5) is 11.8 Å². The highest BCUT2D eigenvalue weighted by molar-refractivity contribution is 5.83. The Labute approximate surface area is 134 Å². The second-order valence-corrected chi connectivity index (χ2v) is 5.63. The lowest BCUT2D eigenvalue weighted by molar-refractivity contribution is 0.901. The van der Waals surface area contributed by atoms with E-state index in [1.54, 1.807) is 12.4 Å². The van der Waals surface area contributed by atoms with Gasteiger partial charge in [-0.25, -0.2) is 9.97 Å². The molecule has 6 heteroatoms. The van der Waals surface area contributed by atoms with Gasteiger partial charge in [-0.3, -0.25) is 0 Å². The summed E-state index contributed by atoms with van der Waals surface area (Å²) in [6.45, 7) is 2.71. The van der Waals surface area contributed by atoms with Gasteiger partial charge in [0.2, 0.25) is 5.95 Å². The number of benzene rings is 1. The third-order valence-corrected chi connectivity index (χ3v) is 4.01. The second-order valence-electron chi connectivity index (χ2n) is 5.63. The molecule has 1 aliphatic heterocycles. The van der Waals surface area contributed by atoms with Gasteiger partial charge in [0.25, 0.3) is 0 Å². The van der Waals surface area contributed by atoms with Crippen molar-refractivity contribution in [1.82, 2.24) is 19.9 Å². The summed E-state index contributed by atoms with van der Waals surface area (Å²) in [6, 6.07) is 10.3.